The zero-order valence-electron chi connectivity index (χ0n) is 14.8. The van der Waals surface area contributed by atoms with Gasteiger partial charge in [0.05, 0.1) is 11.3 Å². The molecule has 0 aliphatic carbocycles. The van der Waals surface area contributed by atoms with E-state index in [0.717, 1.165) is 11.1 Å². The number of hydrogen-bond donors (Lipinski definition) is 3. The van der Waals surface area contributed by atoms with Crippen LogP contribution in [-0.2, 0) is 0 Å². The highest BCUT2D eigenvalue weighted by Crippen LogP contribution is 2.31. The van der Waals surface area contributed by atoms with Gasteiger partial charge < -0.3 is 10.4 Å². The largest absolute Gasteiger partial charge is 0.478 e. The fraction of sp³-hybridized carbons (Fsp3) is 0. The minimum Gasteiger partial charge on any atom is -0.478 e. The third kappa shape index (κ3) is 5.29. The first kappa shape index (κ1) is 21.2. The van der Waals surface area contributed by atoms with E-state index >= 15 is 0 Å². The Morgan fingerprint density at radius 1 is 0.897 bits per heavy atom. The number of halogens is 2. The normalized spacial score (nSPS) is 10.3. The van der Waals surface area contributed by atoms with E-state index in [-0.39, 0.29) is 16.4 Å². The molecule has 5 nitrogen and oxygen atoms in total. The van der Waals surface area contributed by atoms with Crippen molar-refractivity contribution in [2.24, 2.45) is 0 Å². The molecule has 0 unspecified atom stereocenters. The average Bonchev–Trinajstić information content (AvgIpc) is 2.70. The molecular weight excluding hydrogens is 520 g/mol. The number of rotatable bonds is 4. The average molecular weight is 534 g/mol. The number of aromatic carboxylic acids is 1. The van der Waals surface area contributed by atoms with Crippen molar-refractivity contribution in [3.05, 3.63) is 86.8 Å². The Hall–Kier alpha value is -2.55. The molecule has 0 spiro atoms. The van der Waals surface area contributed by atoms with Gasteiger partial charge in [0.2, 0.25) is 0 Å². The molecule has 29 heavy (non-hydrogen) atoms. The second-order valence-electron chi connectivity index (χ2n) is 5.97. The maximum Gasteiger partial charge on any atom is 0.337 e. The van der Waals surface area contributed by atoms with Crippen LogP contribution in [0.3, 0.4) is 0 Å². The van der Waals surface area contributed by atoms with Gasteiger partial charge in [-0.05, 0) is 63.5 Å². The summed E-state index contributed by atoms with van der Waals surface area (Å²) >= 11 is 11.7. The molecular formula is C21H14Br2N2O3S. The van der Waals surface area contributed by atoms with Gasteiger partial charge in [-0.15, -0.1) is 0 Å². The van der Waals surface area contributed by atoms with Crippen molar-refractivity contribution in [3.8, 4) is 11.1 Å². The van der Waals surface area contributed by atoms with Gasteiger partial charge in [-0.25, -0.2) is 4.79 Å². The predicted molar refractivity (Wildman–Crippen MR) is 124 cm³/mol. The molecule has 8 heteroatoms. The summed E-state index contributed by atoms with van der Waals surface area (Å²) in [6.45, 7) is 0. The van der Waals surface area contributed by atoms with Gasteiger partial charge in [0.1, 0.15) is 0 Å². The summed E-state index contributed by atoms with van der Waals surface area (Å²) < 4.78 is 1.09. The molecule has 0 radical (unpaired) electrons. The third-order valence-electron chi connectivity index (χ3n) is 4.01. The number of nitrogens with one attached hydrogen (secondary N) is 2. The van der Waals surface area contributed by atoms with Crippen LogP contribution in [0.2, 0.25) is 0 Å². The number of carboxylic acid groups (broad SMARTS) is 1. The van der Waals surface area contributed by atoms with Gasteiger partial charge in [0.25, 0.3) is 5.91 Å². The number of carbonyl (C=O) groups is 2. The van der Waals surface area contributed by atoms with Crippen LogP contribution in [0.5, 0.6) is 0 Å². The summed E-state index contributed by atoms with van der Waals surface area (Å²) in [5.41, 5.74) is 2.74. The lowest BCUT2D eigenvalue weighted by Crippen LogP contribution is -2.34. The van der Waals surface area contributed by atoms with Crippen LogP contribution in [-0.4, -0.2) is 22.1 Å². The van der Waals surface area contributed by atoms with Crippen molar-refractivity contribution in [2.75, 3.05) is 5.32 Å². The lowest BCUT2D eigenvalue weighted by atomic mass is 10.0. The van der Waals surface area contributed by atoms with Crippen LogP contribution in [0.15, 0.2) is 75.7 Å². The first-order valence-corrected chi connectivity index (χ1v) is 10.3. The smallest absolute Gasteiger partial charge is 0.337 e. The molecule has 0 aliphatic heterocycles. The maximum absolute atomic E-state index is 12.5. The fourth-order valence-electron chi connectivity index (χ4n) is 2.63. The summed E-state index contributed by atoms with van der Waals surface area (Å²) in [7, 11) is 0. The molecule has 1 amide bonds. The van der Waals surface area contributed by atoms with E-state index < -0.39 is 11.9 Å². The molecule has 0 aromatic heterocycles. The van der Waals surface area contributed by atoms with Gasteiger partial charge in [-0.1, -0.05) is 58.4 Å². The van der Waals surface area contributed by atoms with E-state index in [1.165, 1.54) is 6.07 Å². The highest BCUT2D eigenvalue weighted by molar-refractivity contribution is 9.11. The highest BCUT2D eigenvalue weighted by Gasteiger charge is 2.17. The van der Waals surface area contributed by atoms with Crippen LogP contribution in [0.25, 0.3) is 11.1 Å². The van der Waals surface area contributed by atoms with Crippen molar-refractivity contribution >= 4 is 66.8 Å². The van der Waals surface area contributed by atoms with Crippen LogP contribution in [0, 0.1) is 0 Å². The Kier molecular flexibility index (Phi) is 6.79. The topological polar surface area (TPSA) is 78.4 Å². The highest BCUT2D eigenvalue weighted by atomic mass is 79.9. The first-order chi connectivity index (χ1) is 13.8. The number of amides is 1. The van der Waals surface area contributed by atoms with Gasteiger partial charge in [-0.3, -0.25) is 10.1 Å². The zero-order chi connectivity index (χ0) is 21.0. The molecule has 3 aromatic carbocycles. The maximum atomic E-state index is 12.5. The monoisotopic (exact) mass is 532 g/mol. The molecule has 0 saturated heterocycles. The van der Waals surface area contributed by atoms with E-state index in [0.29, 0.717) is 14.5 Å². The number of thiocarbonyl (C=S) groups is 1. The second-order valence-corrected chi connectivity index (χ2v) is 8.15. The van der Waals surface area contributed by atoms with Gasteiger partial charge in [0, 0.05) is 14.5 Å². The Balaban J connectivity index is 1.72. The lowest BCUT2D eigenvalue weighted by molar-refractivity contribution is 0.0697. The number of carboxylic acids is 1. The zero-order valence-corrected chi connectivity index (χ0v) is 18.8. The molecule has 3 aromatic rings. The second kappa shape index (κ2) is 9.30. The number of anilines is 1. The lowest BCUT2D eigenvalue weighted by Gasteiger charge is -2.14. The van der Waals surface area contributed by atoms with Gasteiger partial charge in [-0.2, -0.15) is 0 Å². The van der Waals surface area contributed by atoms with Crippen molar-refractivity contribution in [3.63, 3.8) is 0 Å². The first-order valence-electron chi connectivity index (χ1n) is 8.35. The van der Waals surface area contributed by atoms with Crippen molar-refractivity contribution < 1.29 is 14.7 Å². The number of benzene rings is 3. The van der Waals surface area contributed by atoms with Crippen molar-refractivity contribution in [2.45, 2.75) is 0 Å². The Morgan fingerprint density at radius 3 is 2.14 bits per heavy atom. The summed E-state index contributed by atoms with van der Waals surface area (Å²) in [5, 5.41) is 14.7. The molecule has 0 bridgehead atoms. The summed E-state index contributed by atoms with van der Waals surface area (Å²) in [6, 6.07) is 20.1. The Morgan fingerprint density at radius 2 is 1.52 bits per heavy atom. The third-order valence-corrected chi connectivity index (χ3v) is 5.29. The van der Waals surface area contributed by atoms with E-state index in [1.807, 2.05) is 42.5 Å². The van der Waals surface area contributed by atoms with Crippen LogP contribution in [0.4, 0.5) is 5.69 Å². The van der Waals surface area contributed by atoms with E-state index in [2.05, 4.69) is 42.5 Å². The summed E-state index contributed by atoms with van der Waals surface area (Å²) in [5.74, 6) is -1.52. The van der Waals surface area contributed by atoms with E-state index in [9.17, 15) is 14.7 Å². The van der Waals surface area contributed by atoms with E-state index in [4.69, 9.17) is 12.2 Å². The van der Waals surface area contributed by atoms with Crippen molar-refractivity contribution in [1.82, 2.24) is 5.32 Å². The standard InChI is InChI=1S/C21H14Br2N2O3S/c22-15-10-16(20(27)28)18(17(23)11-15)24-21(29)25-19(26)14-8-6-13(7-9-14)12-4-2-1-3-5-12/h1-11H,(H,27,28)(H2,24,25,26,29). The van der Waals surface area contributed by atoms with E-state index in [1.54, 1.807) is 18.2 Å². The predicted octanol–water partition coefficient (Wildman–Crippen LogP) is 5.70. The van der Waals surface area contributed by atoms with Crippen molar-refractivity contribution in [1.29, 1.82) is 0 Å². The Bertz CT molecular complexity index is 1090. The molecule has 3 N–H and O–H groups in total. The molecule has 146 valence electrons. The minimum absolute atomic E-state index is 0.00680. The molecule has 0 saturated carbocycles. The number of hydrogen-bond acceptors (Lipinski definition) is 3. The molecule has 0 fully saturated rings. The quantitative estimate of drug-likeness (QED) is 0.375. The molecule has 0 aliphatic rings. The summed E-state index contributed by atoms with van der Waals surface area (Å²) in [4.78, 5) is 24.0. The molecule has 3 rings (SSSR count). The fourth-order valence-corrected chi connectivity index (χ4v) is 4.15. The molecule has 0 heterocycles. The summed E-state index contributed by atoms with van der Waals surface area (Å²) in [6.07, 6.45) is 0. The SMILES string of the molecule is O=C(NC(=S)Nc1c(Br)cc(Br)cc1C(=O)O)c1ccc(-c2ccccc2)cc1. The van der Waals surface area contributed by atoms with Crippen LogP contribution >= 0.6 is 44.1 Å². The number of carbonyl (C=O) groups excluding carboxylic acids is 1. The minimum atomic E-state index is -1.12. The molecule has 0 atom stereocenters. The van der Waals surface area contributed by atoms with Gasteiger partial charge >= 0.3 is 5.97 Å². The van der Waals surface area contributed by atoms with Gasteiger partial charge in [0.15, 0.2) is 5.11 Å². The van der Waals surface area contributed by atoms with Crippen LogP contribution in [0.1, 0.15) is 20.7 Å². The Labute approximate surface area is 189 Å². The van der Waals surface area contributed by atoms with Crippen LogP contribution < -0.4 is 10.6 Å².